The third-order valence-corrected chi connectivity index (χ3v) is 4.58. The van der Waals surface area contributed by atoms with Crippen molar-refractivity contribution in [3.05, 3.63) is 50.3 Å². The van der Waals surface area contributed by atoms with Gasteiger partial charge in [-0.25, -0.2) is 4.79 Å². The van der Waals surface area contributed by atoms with E-state index in [1.807, 2.05) is 13.8 Å². The van der Waals surface area contributed by atoms with E-state index in [4.69, 9.17) is 4.74 Å². The van der Waals surface area contributed by atoms with Crippen LogP contribution in [0.4, 0.5) is 5.00 Å². The van der Waals surface area contributed by atoms with Gasteiger partial charge in [0, 0.05) is 29.8 Å². The van der Waals surface area contributed by atoms with Crippen LogP contribution in [0.3, 0.4) is 0 Å². The molecule has 0 aliphatic carbocycles. The van der Waals surface area contributed by atoms with E-state index in [1.165, 1.54) is 28.2 Å². The molecule has 0 aliphatic rings. The monoisotopic (exact) mass is 334 g/mol. The molecule has 1 N–H and O–H groups in total. The lowest BCUT2D eigenvalue weighted by atomic mass is 10.1. The lowest BCUT2D eigenvalue weighted by molar-refractivity contribution is 0.0527. The van der Waals surface area contributed by atoms with Crippen LogP contribution in [0.2, 0.25) is 0 Å². The number of rotatable bonds is 4. The highest BCUT2D eigenvalue weighted by Gasteiger charge is 2.22. The Balaban J connectivity index is 2.34. The van der Waals surface area contributed by atoms with E-state index in [9.17, 15) is 14.4 Å². The average Bonchev–Trinajstić information content (AvgIpc) is 2.76. The van der Waals surface area contributed by atoms with Gasteiger partial charge >= 0.3 is 5.97 Å². The standard InChI is InChI=1S/C16H18N2O4S/c1-5-22-16(21)13-9(2)10(3)23-15(13)17-14(20)11-6-7-18(4)12(19)8-11/h6-8H,5H2,1-4H3,(H,17,20). The molecule has 0 aromatic carbocycles. The average molecular weight is 334 g/mol. The number of amides is 1. The maximum absolute atomic E-state index is 12.3. The highest BCUT2D eigenvalue weighted by molar-refractivity contribution is 7.16. The first kappa shape index (κ1) is 17.0. The number of nitrogens with one attached hydrogen (secondary N) is 1. The van der Waals surface area contributed by atoms with Crippen molar-refractivity contribution in [3.63, 3.8) is 0 Å². The summed E-state index contributed by atoms with van der Waals surface area (Å²) in [5, 5.41) is 3.14. The molecule has 0 saturated heterocycles. The fourth-order valence-electron chi connectivity index (χ4n) is 2.03. The zero-order chi connectivity index (χ0) is 17.1. The van der Waals surface area contributed by atoms with Crippen LogP contribution >= 0.6 is 11.3 Å². The second kappa shape index (κ2) is 6.78. The van der Waals surface area contributed by atoms with E-state index >= 15 is 0 Å². The number of nitrogens with zero attached hydrogens (tertiary/aromatic N) is 1. The number of esters is 1. The molecule has 0 fully saturated rings. The number of carbonyl (C=O) groups is 2. The van der Waals surface area contributed by atoms with Gasteiger partial charge in [-0.2, -0.15) is 0 Å². The second-order valence-corrected chi connectivity index (χ2v) is 6.25. The van der Waals surface area contributed by atoms with E-state index in [1.54, 1.807) is 20.0 Å². The topological polar surface area (TPSA) is 77.4 Å². The Hall–Kier alpha value is -2.41. The molecular formula is C16H18N2O4S. The summed E-state index contributed by atoms with van der Waals surface area (Å²) in [6.07, 6.45) is 1.52. The number of hydrogen-bond acceptors (Lipinski definition) is 5. The van der Waals surface area contributed by atoms with Gasteiger partial charge in [-0.05, 0) is 32.4 Å². The predicted octanol–water partition coefficient (Wildman–Crippen LogP) is 2.49. The van der Waals surface area contributed by atoms with Gasteiger partial charge in [0.1, 0.15) is 5.00 Å². The molecule has 0 bridgehead atoms. The van der Waals surface area contributed by atoms with Crippen molar-refractivity contribution in [1.29, 1.82) is 0 Å². The third-order valence-electron chi connectivity index (χ3n) is 3.46. The number of hydrogen-bond donors (Lipinski definition) is 1. The minimum atomic E-state index is -0.464. The van der Waals surface area contributed by atoms with E-state index in [-0.39, 0.29) is 17.7 Å². The lowest BCUT2D eigenvalue weighted by Crippen LogP contribution is -2.20. The number of pyridine rings is 1. The summed E-state index contributed by atoms with van der Waals surface area (Å²) in [7, 11) is 1.61. The highest BCUT2D eigenvalue weighted by Crippen LogP contribution is 2.33. The van der Waals surface area contributed by atoms with Gasteiger partial charge in [0.15, 0.2) is 0 Å². The summed E-state index contributed by atoms with van der Waals surface area (Å²) < 4.78 is 6.42. The minimum Gasteiger partial charge on any atom is -0.462 e. The number of anilines is 1. The molecule has 2 aromatic heterocycles. The van der Waals surface area contributed by atoms with Gasteiger partial charge in [0.05, 0.1) is 12.2 Å². The number of aromatic nitrogens is 1. The molecule has 0 radical (unpaired) electrons. The summed E-state index contributed by atoms with van der Waals surface area (Å²) in [5.74, 6) is -0.900. The molecule has 2 rings (SSSR count). The SMILES string of the molecule is CCOC(=O)c1c(NC(=O)c2ccn(C)c(=O)c2)sc(C)c1C. The summed E-state index contributed by atoms with van der Waals surface area (Å²) >= 11 is 1.31. The Bertz CT molecular complexity index is 820. The fraction of sp³-hybridized carbons (Fsp3) is 0.312. The molecule has 0 spiro atoms. The molecule has 2 heterocycles. The molecular weight excluding hydrogens is 316 g/mol. The summed E-state index contributed by atoms with van der Waals surface area (Å²) in [5.41, 5.74) is 1.12. The van der Waals surface area contributed by atoms with Gasteiger partial charge < -0.3 is 14.6 Å². The van der Waals surface area contributed by atoms with Crippen LogP contribution in [-0.4, -0.2) is 23.1 Å². The predicted molar refractivity (Wildman–Crippen MR) is 89.4 cm³/mol. The molecule has 0 aliphatic heterocycles. The highest BCUT2D eigenvalue weighted by atomic mass is 32.1. The van der Waals surface area contributed by atoms with Crippen LogP contribution in [0.15, 0.2) is 23.1 Å². The zero-order valence-corrected chi connectivity index (χ0v) is 14.2. The van der Waals surface area contributed by atoms with Crippen molar-refractivity contribution in [1.82, 2.24) is 4.57 Å². The van der Waals surface area contributed by atoms with Crippen molar-refractivity contribution >= 4 is 28.2 Å². The number of aryl methyl sites for hydroxylation is 2. The van der Waals surface area contributed by atoms with Gasteiger partial charge in [-0.3, -0.25) is 9.59 Å². The molecule has 0 unspecified atom stereocenters. The van der Waals surface area contributed by atoms with Crippen molar-refractivity contribution in [2.75, 3.05) is 11.9 Å². The summed E-state index contributed by atoms with van der Waals surface area (Å²) in [6, 6.07) is 2.81. The number of carbonyl (C=O) groups excluding carboxylic acids is 2. The quantitative estimate of drug-likeness (QED) is 0.872. The minimum absolute atomic E-state index is 0.242. The van der Waals surface area contributed by atoms with Crippen LogP contribution < -0.4 is 10.9 Å². The molecule has 23 heavy (non-hydrogen) atoms. The van der Waals surface area contributed by atoms with Crippen molar-refractivity contribution < 1.29 is 14.3 Å². The maximum Gasteiger partial charge on any atom is 0.341 e. The normalized spacial score (nSPS) is 10.4. The first-order valence-corrected chi connectivity index (χ1v) is 7.92. The van der Waals surface area contributed by atoms with Crippen LogP contribution in [0.1, 0.15) is 38.1 Å². The van der Waals surface area contributed by atoms with E-state index < -0.39 is 11.9 Å². The Kier molecular flexibility index (Phi) is 5.00. The number of thiophene rings is 1. The van der Waals surface area contributed by atoms with Gasteiger partial charge in [0.2, 0.25) is 0 Å². The second-order valence-electron chi connectivity index (χ2n) is 5.03. The van der Waals surface area contributed by atoms with Crippen LogP contribution in [-0.2, 0) is 11.8 Å². The van der Waals surface area contributed by atoms with Crippen molar-refractivity contribution in [3.8, 4) is 0 Å². The lowest BCUT2D eigenvalue weighted by Gasteiger charge is -2.07. The first-order chi connectivity index (χ1) is 10.8. The Morgan fingerprint density at radius 1 is 1.35 bits per heavy atom. The maximum atomic E-state index is 12.3. The van der Waals surface area contributed by atoms with Gasteiger partial charge in [-0.1, -0.05) is 0 Å². The van der Waals surface area contributed by atoms with Crippen LogP contribution in [0.25, 0.3) is 0 Å². The summed E-state index contributed by atoms with van der Waals surface area (Å²) in [4.78, 5) is 37.0. The molecule has 0 atom stereocenters. The molecule has 6 nitrogen and oxygen atoms in total. The first-order valence-electron chi connectivity index (χ1n) is 7.10. The summed E-state index contributed by atoms with van der Waals surface area (Å²) in [6.45, 7) is 5.67. The van der Waals surface area contributed by atoms with Gasteiger partial charge in [0.25, 0.3) is 11.5 Å². The van der Waals surface area contributed by atoms with E-state index in [0.717, 1.165) is 10.4 Å². The Morgan fingerprint density at radius 2 is 2.04 bits per heavy atom. The zero-order valence-electron chi connectivity index (χ0n) is 13.4. The van der Waals surface area contributed by atoms with E-state index in [0.29, 0.717) is 10.6 Å². The Morgan fingerprint density at radius 3 is 2.65 bits per heavy atom. The molecule has 0 saturated carbocycles. The fourth-order valence-corrected chi connectivity index (χ4v) is 3.07. The molecule has 1 amide bonds. The Labute approximate surface area is 137 Å². The smallest absolute Gasteiger partial charge is 0.341 e. The molecule has 7 heteroatoms. The van der Waals surface area contributed by atoms with Crippen LogP contribution in [0, 0.1) is 13.8 Å². The number of ether oxygens (including phenoxy) is 1. The van der Waals surface area contributed by atoms with Crippen molar-refractivity contribution in [2.24, 2.45) is 7.05 Å². The van der Waals surface area contributed by atoms with E-state index in [2.05, 4.69) is 5.32 Å². The largest absolute Gasteiger partial charge is 0.462 e. The van der Waals surface area contributed by atoms with Crippen molar-refractivity contribution in [2.45, 2.75) is 20.8 Å². The van der Waals surface area contributed by atoms with Gasteiger partial charge in [-0.15, -0.1) is 11.3 Å². The van der Waals surface area contributed by atoms with Crippen LogP contribution in [0.5, 0.6) is 0 Å². The molecule has 122 valence electrons. The molecule has 2 aromatic rings. The third kappa shape index (κ3) is 3.50.